The van der Waals surface area contributed by atoms with Crippen molar-refractivity contribution < 1.29 is 0 Å². The molecule has 0 amide bonds. The molecule has 7 heteroatoms. The molecule has 1 N–H and O–H groups in total. The Labute approximate surface area is 212 Å². The lowest BCUT2D eigenvalue weighted by atomic mass is 9.87. The standard InChI is InChI=1S/C29H35N7/c1-18(2)28-25-14-23(22-10-12-35(13-11-22)17-21-15-30-34(5)16-21)6-8-26(25)32-29(28)24-7-9-27-31-20(4)33-36(27)19(24)3/h6-9,14-16,18,22,32H,10-13,17H2,1-5H3. The molecule has 1 saturated heterocycles. The minimum absolute atomic E-state index is 0.401. The molecule has 1 aromatic carbocycles. The fourth-order valence-corrected chi connectivity index (χ4v) is 5.98. The molecule has 1 aliphatic heterocycles. The Morgan fingerprint density at radius 3 is 2.61 bits per heavy atom. The first-order chi connectivity index (χ1) is 17.4. The zero-order chi connectivity index (χ0) is 25.0. The summed E-state index contributed by atoms with van der Waals surface area (Å²) in [5.74, 6) is 1.80. The van der Waals surface area contributed by atoms with E-state index in [4.69, 9.17) is 0 Å². The van der Waals surface area contributed by atoms with Crippen molar-refractivity contribution >= 4 is 16.6 Å². The number of rotatable bonds is 5. The summed E-state index contributed by atoms with van der Waals surface area (Å²) < 4.78 is 3.85. The van der Waals surface area contributed by atoms with E-state index < -0.39 is 0 Å². The molecular weight excluding hydrogens is 446 g/mol. The molecule has 0 spiro atoms. The Hall–Kier alpha value is -3.45. The van der Waals surface area contributed by atoms with Crippen molar-refractivity contribution in [3.8, 4) is 11.3 Å². The molecular formula is C29H35N7. The second-order valence-electron chi connectivity index (χ2n) is 10.7. The summed E-state index contributed by atoms with van der Waals surface area (Å²) in [4.78, 5) is 10.9. The lowest BCUT2D eigenvalue weighted by Crippen LogP contribution is -2.32. The topological polar surface area (TPSA) is 67.0 Å². The fraction of sp³-hybridized carbons (Fsp3) is 0.414. The van der Waals surface area contributed by atoms with E-state index in [1.807, 2.05) is 29.4 Å². The molecule has 186 valence electrons. The number of nitrogens with one attached hydrogen (secondary N) is 1. The Bertz CT molecular complexity index is 1540. The van der Waals surface area contributed by atoms with Crippen molar-refractivity contribution in [1.29, 1.82) is 0 Å². The summed E-state index contributed by atoms with van der Waals surface area (Å²) >= 11 is 0. The van der Waals surface area contributed by atoms with Gasteiger partial charge in [-0.1, -0.05) is 19.9 Å². The highest BCUT2D eigenvalue weighted by Crippen LogP contribution is 2.39. The summed E-state index contributed by atoms with van der Waals surface area (Å²) in [5.41, 5.74) is 9.77. The molecule has 0 bridgehead atoms. The zero-order valence-electron chi connectivity index (χ0n) is 21.9. The van der Waals surface area contributed by atoms with Gasteiger partial charge in [0.2, 0.25) is 0 Å². The van der Waals surface area contributed by atoms with E-state index in [0.717, 1.165) is 36.8 Å². The summed E-state index contributed by atoms with van der Waals surface area (Å²) in [6, 6.07) is 11.3. The van der Waals surface area contributed by atoms with Crippen LogP contribution in [0.2, 0.25) is 0 Å². The predicted octanol–water partition coefficient (Wildman–Crippen LogP) is 5.73. The summed E-state index contributed by atoms with van der Waals surface area (Å²) in [5, 5.41) is 10.3. The van der Waals surface area contributed by atoms with E-state index in [2.05, 4.69) is 82.4 Å². The van der Waals surface area contributed by atoms with Gasteiger partial charge in [-0.15, -0.1) is 0 Å². The van der Waals surface area contributed by atoms with E-state index in [0.29, 0.717) is 11.8 Å². The van der Waals surface area contributed by atoms with Gasteiger partial charge in [-0.3, -0.25) is 9.58 Å². The maximum atomic E-state index is 4.62. The van der Waals surface area contributed by atoms with E-state index >= 15 is 0 Å². The maximum Gasteiger partial charge on any atom is 0.155 e. The minimum Gasteiger partial charge on any atom is -0.354 e. The number of pyridine rings is 1. The normalized spacial score (nSPS) is 15.6. The molecule has 6 rings (SSSR count). The second kappa shape index (κ2) is 8.89. The van der Waals surface area contributed by atoms with Gasteiger partial charge in [0.05, 0.1) is 17.6 Å². The number of fused-ring (bicyclic) bond motifs is 2. The average molecular weight is 482 g/mol. The number of benzene rings is 1. The van der Waals surface area contributed by atoms with Gasteiger partial charge in [0.25, 0.3) is 0 Å². The number of hydrogen-bond donors (Lipinski definition) is 1. The van der Waals surface area contributed by atoms with E-state index in [1.165, 1.54) is 51.7 Å². The second-order valence-corrected chi connectivity index (χ2v) is 10.7. The SMILES string of the molecule is Cc1nc2ccc(-c3[nH]c4ccc(C5CCN(Cc6cnn(C)c6)CC5)cc4c3C(C)C)c(C)n2n1. The van der Waals surface area contributed by atoms with Crippen LogP contribution in [0.15, 0.2) is 42.7 Å². The number of likely N-dealkylation sites (tertiary alicyclic amines) is 1. The van der Waals surface area contributed by atoms with Crippen molar-refractivity contribution in [1.82, 2.24) is 34.3 Å². The van der Waals surface area contributed by atoms with Crippen LogP contribution < -0.4 is 0 Å². The quantitative estimate of drug-likeness (QED) is 0.348. The van der Waals surface area contributed by atoms with E-state index in [-0.39, 0.29) is 0 Å². The smallest absolute Gasteiger partial charge is 0.155 e. The molecule has 1 aliphatic rings. The van der Waals surface area contributed by atoms with Gasteiger partial charge >= 0.3 is 0 Å². The van der Waals surface area contributed by atoms with Crippen molar-refractivity contribution in [2.75, 3.05) is 13.1 Å². The van der Waals surface area contributed by atoms with Crippen molar-refractivity contribution in [2.45, 2.75) is 58.9 Å². The highest BCUT2D eigenvalue weighted by atomic mass is 15.3. The van der Waals surface area contributed by atoms with Crippen molar-refractivity contribution in [2.24, 2.45) is 7.05 Å². The van der Waals surface area contributed by atoms with Crippen LogP contribution in [0.5, 0.6) is 0 Å². The molecule has 4 aromatic heterocycles. The summed E-state index contributed by atoms with van der Waals surface area (Å²) in [6.07, 6.45) is 6.50. The van der Waals surface area contributed by atoms with Gasteiger partial charge in [-0.05, 0) is 87.0 Å². The maximum absolute atomic E-state index is 4.62. The highest BCUT2D eigenvalue weighted by Gasteiger charge is 2.24. The Kier molecular flexibility index (Phi) is 5.67. The van der Waals surface area contributed by atoms with Crippen LogP contribution >= 0.6 is 0 Å². The molecule has 0 atom stereocenters. The van der Waals surface area contributed by atoms with Crippen molar-refractivity contribution in [3.63, 3.8) is 0 Å². The third-order valence-electron chi connectivity index (χ3n) is 7.78. The molecule has 0 unspecified atom stereocenters. The van der Waals surface area contributed by atoms with Gasteiger partial charge in [-0.2, -0.15) is 10.2 Å². The Morgan fingerprint density at radius 1 is 1.08 bits per heavy atom. The van der Waals surface area contributed by atoms with Gasteiger partial charge in [0, 0.05) is 41.8 Å². The first-order valence-corrected chi connectivity index (χ1v) is 13.1. The average Bonchev–Trinajstić information content (AvgIpc) is 3.55. The molecule has 0 aliphatic carbocycles. The molecule has 1 fully saturated rings. The fourth-order valence-electron chi connectivity index (χ4n) is 5.98. The molecule has 5 aromatic rings. The Balaban J connectivity index is 1.31. The summed E-state index contributed by atoms with van der Waals surface area (Å²) in [7, 11) is 1.99. The Morgan fingerprint density at radius 2 is 1.89 bits per heavy atom. The minimum atomic E-state index is 0.401. The third-order valence-corrected chi connectivity index (χ3v) is 7.78. The van der Waals surface area contributed by atoms with E-state index in [9.17, 15) is 0 Å². The lowest BCUT2D eigenvalue weighted by Gasteiger charge is -2.32. The van der Waals surface area contributed by atoms with Gasteiger partial charge in [0.15, 0.2) is 5.65 Å². The number of piperidine rings is 1. The van der Waals surface area contributed by atoms with Crippen LogP contribution in [0.3, 0.4) is 0 Å². The number of aromatic nitrogens is 6. The predicted molar refractivity (Wildman–Crippen MR) is 144 cm³/mol. The van der Waals surface area contributed by atoms with Crippen LogP contribution in [0.4, 0.5) is 0 Å². The van der Waals surface area contributed by atoms with Crippen LogP contribution in [0, 0.1) is 13.8 Å². The number of hydrogen-bond acceptors (Lipinski definition) is 4. The molecule has 0 radical (unpaired) electrons. The zero-order valence-corrected chi connectivity index (χ0v) is 21.9. The van der Waals surface area contributed by atoms with Crippen LogP contribution in [-0.2, 0) is 13.6 Å². The van der Waals surface area contributed by atoms with Crippen LogP contribution in [0.1, 0.15) is 66.7 Å². The lowest BCUT2D eigenvalue weighted by molar-refractivity contribution is 0.204. The van der Waals surface area contributed by atoms with Gasteiger partial charge in [-0.25, -0.2) is 9.50 Å². The van der Waals surface area contributed by atoms with Gasteiger partial charge in [0.1, 0.15) is 5.82 Å². The number of aromatic amines is 1. The largest absolute Gasteiger partial charge is 0.354 e. The van der Waals surface area contributed by atoms with E-state index in [1.54, 1.807) is 0 Å². The molecule has 0 saturated carbocycles. The monoisotopic (exact) mass is 481 g/mol. The third kappa shape index (κ3) is 4.01. The first-order valence-electron chi connectivity index (χ1n) is 13.1. The number of H-pyrrole nitrogens is 1. The van der Waals surface area contributed by atoms with Crippen LogP contribution in [-0.4, -0.2) is 47.4 Å². The van der Waals surface area contributed by atoms with Gasteiger partial charge < -0.3 is 4.98 Å². The van der Waals surface area contributed by atoms with Crippen LogP contribution in [0.25, 0.3) is 27.8 Å². The molecule has 7 nitrogen and oxygen atoms in total. The molecule has 36 heavy (non-hydrogen) atoms. The molecule has 5 heterocycles. The first kappa shape index (κ1) is 23.0. The number of aryl methyl sites for hydroxylation is 3. The number of nitrogens with zero attached hydrogens (tertiary/aromatic N) is 6. The summed E-state index contributed by atoms with van der Waals surface area (Å²) in [6.45, 7) is 11.9. The highest BCUT2D eigenvalue weighted by molar-refractivity contribution is 5.92. The van der Waals surface area contributed by atoms with Crippen molar-refractivity contribution in [3.05, 3.63) is 70.9 Å².